The third-order valence-corrected chi connectivity index (χ3v) is 5.17. The number of hydrogen-bond donors (Lipinski definition) is 1. The van der Waals surface area contributed by atoms with Gasteiger partial charge in [0.2, 0.25) is 0 Å². The maximum absolute atomic E-state index is 6.31. The van der Waals surface area contributed by atoms with E-state index < -0.39 is 0 Å². The van der Waals surface area contributed by atoms with Crippen molar-refractivity contribution in [2.24, 2.45) is 0 Å². The van der Waals surface area contributed by atoms with Crippen LogP contribution in [-0.4, -0.2) is 6.54 Å². The Labute approximate surface area is 144 Å². The van der Waals surface area contributed by atoms with Gasteiger partial charge in [0.25, 0.3) is 0 Å². The van der Waals surface area contributed by atoms with E-state index in [1.165, 1.54) is 11.1 Å². The first-order valence-corrected chi connectivity index (χ1v) is 8.50. The Morgan fingerprint density at radius 2 is 1.71 bits per heavy atom. The Hall–Kier alpha value is -0.540. The molecule has 0 radical (unpaired) electrons. The molecule has 2 aromatic rings. The molecule has 0 heterocycles. The highest BCUT2D eigenvalue weighted by Gasteiger charge is 2.17. The van der Waals surface area contributed by atoms with Crippen LogP contribution in [0.1, 0.15) is 29.7 Å². The summed E-state index contributed by atoms with van der Waals surface area (Å²) in [6.45, 7) is 5.12. The molecule has 0 bridgehead atoms. The molecule has 0 aliphatic carbocycles. The Morgan fingerprint density at radius 1 is 1.10 bits per heavy atom. The predicted molar refractivity (Wildman–Crippen MR) is 95.5 cm³/mol. The highest BCUT2D eigenvalue weighted by Crippen LogP contribution is 2.32. The Morgan fingerprint density at radius 3 is 2.33 bits per heavy atom. The molecule has 0 saturated carbocycles. The minimum absolute atomic E-state index is 0.185. The second kappa shape index (κ2) is 7.64. The molecular weight excluding hydrogens is 369 g/mol. The molecule has 1 atom stereocenters. The number of halogens is 3. The van der Waals surface area contributed by atoms with Crippen LogP contribution in [0.5, 0.6) is 0 Å². The van der Waals surface area contributed by atoms with Crippen molar-refractivity contribution in [3.63, 3.8) is 0 Å². The van der Waals surface area contributed by atoms with E-state index in [2.05, 4.69) is 53.3 Å². The summed E-state index contributed by atoms with van der Waals surface area (Å²) in [7, 11) is 0. The fourth-order valence-corrected chi connectivity index (χ4v) is 3.40. The molecule has 1 unspecified atom stereocenters. The van der Waals surface area contributed by atoms with Crippen molar-refractivity contribution >= 4 is 39.1 Å². The zero-order chi connectivity index (χ0) is 15.4. The summed E-state index contributed by atoms with van der Waals surface area (Å²) >= 11 is 16.2. The lowest BCUT2D eigenvalue weighted by atomic mass is 9.95. The van der Waals surface area contributed by atoms with Gasteiger partial charge in [-0.05, 0) is 54.8 Å². The van der Waals surface area contributed by atoms with E-state index in [9.17, 15) is 0 Å². The molecule has 21 heavy (non-hydrogen) atoms. The van der Waals surface area contributed by atoms with Gasteiger partial charge < -0.3 is 5.32 Å². The van der Waals surface area contributed by atoms with Gasteiger partial charge >= 0.3 is 0 Å². The zero-order valence-electron chi connectivity index (χ0n) is 12.1. The van der Waals surface area contributed by atoms with Gasteiger partial charge in [-0.25, -0.2) is 0 Å². The lowest BCUT2D eigenvalue weighted by Crippen LogP contribution is -2.24. The topological polar surface area (TPSA) is 12.0 Å². The van der Waals surface area contributed by atoms with Gasteiger partial charge in [-0.15, -0.1) is 0 Å². The standard InChI is InChI=1S/C17H18BrCl2N/c1-3-21-17(12-6-4-7-14(18)11(12)2)10-13-15(19)8-5-9-16(13)20/h4-9,17,21H,3,10H2,1-2H3. The van der Waals surface area contributed by atoms with Crippen molar-refractivity contribution < 1.29 is 0 Å². The van der Waals surface area contributed by atoms with Crippen LogP contribution >= 0.6 is 39.1 Å². The van der Waals surface area contributed by atoms with Crippen LogP contribution in [0.4, 0.5) is 0 Å². The molecule has 1 N–H and O–H groups in total. The second-order valence-electron chi connectivity index (χ2n) is 4.97. The van der Waals surface area contributed by atoms with E-state index in [4.69, 9.17) is 23.2 Å². The molecule has 0 fully saturated rings. The van der Waals surface area contributed by atoms with Crippen LogP contribution < -0.4 is 5.32 Å². The van der Waals surface area contributed by atoms with Gasteiger partial charge in [0.15, 0.2) is 0 Å². The summed E-state index contributed by atoms with van der Waals surface area (Å²) in [6, 6.07) is 12.1. The molecule has 0 saturated heterocycles. The second-order valence-corrected chi connectivity index (χ2v) is 6.64. The normalized spacial score (nSPS) is 12.4. The summed E-state index contributed by atoms with van der Waals surface area (Å²) in [6.07, 6.45) is 0.768. The lowest BCUT2D eigenvalue weighted by Gasteiger charge is -2.22. The first-order valence-electron chi connectivity index (χ1n) is 6.95. The summed E-state index contributed by atoms with van der Waals surface area (Å²) in [5, 5.41) is 4.97. The Balaban J connectivity index is 2.38. The third kappa shape index (κ3) is 4.01. The maximum atomic E-state index is 6.31. The van der Waals surface area contributed by atoms with Gasteiger partial charge in [-0.3, -0.25) is 0 Å². The SMILES string of the molecule is CCNC(Cc1c(Cl)cccc1Cl)c1cccc(Br)c1C. The smallest absolute Gasteiger partial charge is 0.0453 e. The summed E-state index contributed by atoms with van der Waals surface area (Å²) < 4.78 is 1.12. The average Bonchev–Trinajstić information content (AvgIpc) is 2.45. The molecule has 112 valence electrons. The molecule has 2 aromatic carbocycles. The molecule has 4 heteroatoms. The molecule has 0 amide bonds. The number of benzene rings is 2. The lowest BCUT2D eigenvalue weighted by molar-refractivity contribution is 0.547. The predicted octanol–water partition coefficient (Wildman–Crippen LogP) is 5.96. The van der Waals surface area contributed by atoms with Crippen LogP contribution in [0.15, 0.2) is 40.9 Å². The van der Waals surface area contributed by atoms with Crippen molar-refractivity contribution in [1.82, 2.24) is 5.32 Å². The van der Waals surface area contributed by atoms with Gasteiger partial charge in [0, 0.05) is 20.6 Å². The number of rotatable bonds is 5. The van der Waals surface area contributed by atoms with Gasteiger partial charge in [0.05, 0.1) is 0 Å². The molecule has 0 aliphatic heterocycles. The molecular formula is C17H18BrCl2N. The van der Waals surface area contributed by atoms with Gasteiger partial charge in [-0.2, -0.15) is 0 Å². The van der Waals surface area contributed by atoms with E-state index in [0.717, 1.165) is 33.0 Å². The Bertz CT molecular complexity index is 608. The van der Waals surface area contributed by atoms with E-state index in [1.54, 1.807) is 0 Å². The largest absolute Gasteiger partial charge is 0.310 e. The van der Waals surface area contributed by atoms with E-state index in [-0.39, 0.29) is 6.04 Å². The maximum Gasteiger partial charge on any atom is 0.0453 e. The zero-order valence-corrected chi connectivity index (χ0v) is 15.2. The van der Waals surface area contributed by atoms with Crippen molar-refractivity contribution in [1.29, 1.82) is 0 Å². The van der Waals surface area contributed by atoms with Crippen LogP contribution in [0.25, 0.3) is 0 Å². The van der Waals surface area contributed by atoms with Crippen LogP contribution in [0.3, 0.4) is 0 Å². The molecule has 0 aromatic heterocycles. The third-order valence-electron chi connectivity index (χ3n) is 3.61. The van der Waals surface area contributed by atoms with Crippen molar-refractivity contribution in [2.75, 3.05) is 6.54 Å². The highest BCUT2D eigenvalue weighted by atomic mass is 79.9. The van der Waals surface area contributed by atoms with E-state index >= 15 is 0 Å². The summed E-state index contributed by atoms with van der Waals surface area (Å²) in [4.78, 5) is 0. The minimum atomic E-state index is 0.185. The molecule has 0 aliphatic rings. The molecule has 2 rings (SSSR count). The monoisotopic (exact) mass is 385 g/mol. The van der Waals surface area contributed by atoms with Gasteiger partial charge in [-0.1, -0.05) is 64.3 Å². The van der Waals surface area contributed by atoms with Crippen LogP contribution in [0.2, 0.25) is 10.0 Å². The average molecular weight is 387 g/mol. The quantitative estimate of drug-likeness (QED) is 0.668. The number of likely N-dealkylation sites (N-methyl/N-ethyl adjacent to an activating group) is 1. The van der Waals surface area contributed by atoms with Crippen LogP contribution in [0, 0.1) is 6.92 Å². The van der Waals surface area contributed by atoms with Crippen molar-refractivity contribution in [2.45, 2.75) is 26.3 Å². The summed E-state index contributed by atoms with van der Waals surface area (Å²) in [5.41, 5.74) is 3.50. The number of hydrogen-bond acceptors (Lipinski definition) is 1. The first kappa shape index (κ1) is 16.8. The summed E-state index contributed by atoms with van der Waals surface area (Å²) in [5.74, 6) is 0. The van der Waals surface area contributed by atoms with E-state index in [0.29, 0.717) is 0 Å². The Kier molecular flexibility index (Phi) is 6.12. The van der Waals surface area contributed by atoms with E-state index in [1.807, 2.05) is 18.2 Å². The first-order chi connectivity index (χ1) is 10.0. The molecule has 0 spiro atoms. The minimum Gasteiger partial charge on any atom is -0.310 e. The number of nitrogens with one attached hydrogen (secondary N) is 1. The van der Waals surface area contributed by atoms with Gasteiger partial charge in [0.1, 0.15) is 0 Å². The fourth-order valence-electron chi connectivity index (χ4n) is 2.47. The fraction of sp³-hybridized carbons (Fsp3) is 0.294. The van der Waals surface area contributed by atoms with Crippen LogP contribution in [-0.2, 0) is 6.42 Å². The molecule has 1 nitrogen and oxygen atoms in total. The highest BCUT2D eigenvalue weighted by molar-refractivity contribution is 9.10. The van der Waals surface area contributed by atoms with Crippen molar-refractivity contribution in [3.05, 3.63) is 67.6 Å². The van der Waals surface area contributed by atoms with Crippen molar-refractivity contribution in [3.8, 4) is 0 Å².